The van der Waals surface area contributed by atoms with Crippen molar-refractivity contribution in [2.75, 3.05) is 0 Å². The minimum Gasteiger partial charge on any atom is -0.402 e. The highest BCUT2D eigenvalue weighted by atomic mass is 19.4. The third kappa shape index (κ3) is 2.25. The Labute approximate surface area is 86.6 Å². The van der Waals surface area contributed by atoms with Gasteiger partial charge in [0.25, 0.3) is 0 Å². The van der Waals surface area contributed by atoms with Crippen molar-refractivity contribution in [3.8, 4) is 0 Å². The van der Waals surface area contributed by atoms with Crippen molar-refractivity contribution in [2.24, 2.45) is 11.5 Å². The molecule has 0 unspecified atom stereocenters. The van der Waals surface area contributed by atoms with Crippen LogP contribution in [0.15, 0.2) is 22.5 Å². The number of halogens is 6. The molecule has 8 heteroatoms. The summed E-state index contributed by atoms with van der Waals surface area (Å²) < 4.78 is 74.5. The molecule has 16 heavy (non-hydrogen) atoms. The number of allylic oxidation sites excluding steroid dienone is 4. The van der Waals surface area contributed by atoms with E-state index < -0.39 is 34.9 Å². The van der Waals surface area contributed by atoms with E-state index in [9.17, 15) is 26.3 Å². The molecule has 4 N–H and O–H groups in total. The number of alkyl halides is 6. The predicted octanol–water partition coefficient (Wildman–Crippen LogP) is 2.33. The van der Waals surface area contributed by atoms with Gasteiger partial charge in [-0.15, -0.1) is 0 Å². The first-order chi connectivity index (χ1) is 7.05. The third-order valence-corrected chi connectivity index (χ3v) is 2.12. The van der Waals surface area contributed by atoms with E-state index in [1.165, 1.54) is 0 Å². The van der Waals surface area contributed by atoms with Crippen LogP contribution < -0.4 is 11.5 Å². The molecule has 0 radical (unpaired) electrons. The Morgan fingerprint density at radius 3 is 1.12 bits per heavy atom. The second-order valence-electron chi connectivity index (χ2n) is 3.30. The molecule has 2 nitrogen and oxygen atoms in total. The molecule has 0 fully saturated rings. The molecule has 0 saturated heterocycles. The summed E-state index contributed by atoms with van der Waals surface area (Å²) in [6.45, 7) is 0. The molecule has 0 saturated carbocycles. The van der Waals surface area contributed by atoms with Crippen molar-refractivity contribution in [3.63, 3.8) is 0 Å². The number of hydrogen-bond acceptors (Lipinski definition) is 2. The average Bonchev–Trinajstić information content (AvgIpc) is 2.04. The third-order valence-electron chi connectivity index (χ3n) is 2.12. The van der Waals surface area contributed by atoms with Crippen LogP contribution in [0.2, 0.25) is 0 Å². The normalized spacial score (nSPS) is 19.4. The smallest absolute Gasteiger partial charge is 0.402 e. The Balaban J connectivity index is 3.40. The summed E-state index contributed by atoms with van der Waals surface area (Å²) in [5, 5.41) is 0. The lowest BCUT2D eigenvalue weighted by Gasteiger charge is -2.25. The van der Waals surface area contributed by atoms with Crippen molar-refractivity contribution in [1.29, 1.82) is 0 Å². The Kier molecular flexibility index (Phi) is 2.86. The monoisotopic (exact) mass is 246 g/mol. The van der Waals surface area contributed by atoms with E-state index in [-0.39, 0.29) is 12.8 Å². The fourth-order valence-electron chi connectivity index (χ4n) is 1.49. The summed E-state index contributed by atoms with van der Waals surface area (Å²) >= 11 is 0. The Morgan fingerprint density at radius 1 is 0.688 bits per heavy atom. The van der Waals surface area contributed by atoms with Gasteiger partial charge in [-0.2, -0.15) is 26.3 Å². The van der Waals surface area contributed by atoms with Crippen LogP contribution in [-0.4, -0.2) is 12.4 Å². The number of hydrogen-bond donors (Lipinski definition) is 2. The zero-order chi connectivity index (χ0) is 12.7. The highest BCUT2D eigenvalue weighted by molar-refractivity contribution is 5.46. The van der Waals surface area contributed by atoms with Crippen LogP contribution in [0.5, 0.6) is 0 Å². The first kappa shape index (κ1) is 12.7. The zero-order valence-electron chi connectivity index (χ0n) is 7.84. The molecule has 0 aromatic rings. The summed E-state index contributed by atoms with van der Waals surface area (Å²) in [6, 6.07) is 0. The van der Waals surface area contributed by atoms with Crippen molar-refractivity contribution < 1.29 is 26.3 Å². The van der Waals surface area contributed by atoms with Gasteiger partial charge in [-0.05, 0) is 12.8 Å². The van der Waals surface area contributed by atoms with Gasteiger partial charge in [0.2, 0.25) is 0 Å². The summed E-state index contributed by atoms with van der Waals surface area (Å²) in [4.78, 5) is 0. The van der Waals surface area contributed by atoms with Gasteiger partial charge in [0, 0.05) is 11.4 Å². The van der Waals surface area contributed by atoms with Gasteiger partial charge >= 0.3 is 12.4 Å². The maximum Gasteiger partial charge on any atom is 0.418 e. The Bertz CT molecular complexity index is 324. The molecular formula is C8H8F6N2. The number of nitrogens with two attached hydrogens (primary N) is 2. The van der Waals surface area contributed by atoms with Crippen molar-refractivity contribution in [1.82, 2.24) is 0 Å². The predicted molar refractivity (Wildman–Crippen MR) is 43.8 cm³/mol. The van der Waals surface area contributed by atoms with Gasteiger partial charge in [0.15, 0.2) is 0 Å². The second-order valence-corrected chi connectivity index (χ2v) is 3.30. The van der Waals surface area contributed by atoms with Gasteiger partial charge in [0.1, 0.15) is 0 Å². The van der Waals surface area contributed by atoms with Crippen LogP contribution in [0.1, 0.15) is 12.8 Å². The largest absolute Gasteiger partial charge is 0.418 e. The van der Waals surface area contributed by atoms with Gasteiger partial charge < -0.3 is 11.5 Å². The minimum atomic E-state index is -5.15. The lowest BCUT2D eigenvalue weighted by Crippen LogP contribution is -2.32. The molecular weight excluding hydrogens is 238 g/mol. The molecule has 1 aliphatic rings. The van der Waals surface area contributed by atoms with Crippen LogP contribution in [0.25, 0.3) is 0 Å². The van der Waals surface area contributed by atoms with E-state index in [0.717, 1.165) is 0 Å². The van der Waals surface area contributed by atoms with Crippen molar-refractivity contribution in [2.45, 2.75) is 25.2 Å². The van der Waals surface area contributed by atoms with Crippen LogP contribution in [0.3, 0.4) is 0 Å². The van der Waals surface area contributed by atoms with Gasteiger partial charge in [-0.3, -0.25) is 0 Å². The summed E-state index contributed by atoms with van der Waals surface area (Å²) in [5.74, 6) is 0. The maximum atomic E-state index is 12.4. The molecule has 0 atom stereocenters. The van der Waals surface area contributed by atoms with Crippen molar-refractivity contribution in [3.05, 3.63) is 22.5 Å². The Morgan fingerprint density at radius 2 is 0.938 bits per heavy atom. The molecule has 0 aromatic heterocycles. The van der Waals surface area contributed by atoms with Gasteiger partial charge in [-0.1, -0.05) is 0 Å². The van der Waals surface area contributed by atoms with E-state index in [1.807, 2.05) is 0 Å². The molecule has 1 rings (SSSR count). The van der Waals surface area contributed by atoms with Crippen LogP contribution >= 0.6 is 0 Å². The fourth-order valence-corrected chi connectivity index (χ4v) is 1.49. The van der Waals surface area contributed by atoms with Crippen molar-refractivity contribution >= 4 is 0 Å². The van der Waals surface area contributed by atoms with Crippen LogP contribution in [-0.2, 0) is 0 Å². The topological polar surface area (TPSA) is 52.0 Å². The summed E-state index contributed by atoms with van der Waals surface area (Å²) in [7, 11) is 0. The minimum absolute atomic E-state index is 0.319. The zero-order valence-corrected chi connectivity index (χ0v) is 7.84. The highest BCUT2D eigenvalue weighted by Gasteiger charge is 2.50. The van der Waals surface area contributed by atoms with Crippen LogP contribution in [0, 0.1) is 0 Å². The molecule has 1 aliphatic carbocycles. The van der Waals surface area contributed by atoms with Crippen LogP contribution in [0.4, 0.5) is 26.3 Å². The van der Waals surface area contributed by atoms with E-state index in [2.05, 4.69) is 0 Å². The summed E-state index contributed by atoms with van der Waals surface area (Å²) in [5.41, 5.74) is 4.60. The number of rotatable bonds is 0. The van der Waals surface area contributed by atoms with E-state index in [1.54, 1.807) is 0 Å². The SMILES string of the molecule is NC1=C(C(F)(F)F)C(C(F)(F)F)=C(N)CC1. The quantitative estimate of drug-likeness (QED) is 0.644. The molecule has 0 aliphatic heterocycles. The van der Waals surface area contributed by atoms with E-state index in [4.69, 9.17) is 11.5 Å². The van der Waals surface area contributed by atoms with E-state index in [0.29, 0.717) is 0 Å². The molecule has 0 spiro atoms. The second kappa shape index (κ2) is 3.60. The molecule has 0 aromatic carbocycles. The highest BCUT2D eigenvalue weighted by Crippen LogP contribution is 2.44. The van der Waals surface area contributed by atoms with Gasteiger partial charge in [0.05, 0.1) is 11.1 Å². The maximum absolute atomic E-state index is 12.4. The molecule has 0 heterocycles. The molecule has 0 bridgehead atoms. The first-order valence-corrected chi connectivity index (χ1v) is 4.17. The van der Waals surface area contributed by atoms with E-state index >= 15 is 0 Å². The fraction of sp³-hybridized carbons (Fsp3) is 0.500. The summed E-state index contributed by atoms with van der Waals surface area (Å²) in [6.07, 6.45) is -10.9. The standard InChI is InChI=1S/C8H8F6N2/c9-7(10,11)5-3(15)1-2-4(16)6(5)8(12,13)14/h1-2,15-16H2. The Hall–Kier alpha value is -1.34. The average molecular weight is 246 g/mol. The lowest BCUT2D eigenvalue weighted by molar-refractivity contribution is -0.120. The van der Waals surface area contributed by atoms with Gasteiger partial charge in [-0.25, -0.2) is 0 Å². The molecule has 0 amide bonds. The lowest BCUT2D eigenvalue weighted by atomic mass is 9.92. The first-order valence-electron chi connectivity index (χ1n) is 4.17. The molecule has 92 valence electrons.